The van der Waals surface area contributed by atoms with Crippen LogP contribution in [0.15, 0.2) is 12.7 Å². The van der Waals surface area contributed by atoms with Crippen molar-refractivity contribution in [3.63, 3.8) is 0 Å². The Morgan fingerprint density at radius 1 is 1.44 bits per heavy atom. The topological polar surface area (TPSA) is 60.9 Å². The van der Waals surface area contributed by atoms with Crippen molar-refractivity contribution in [1.29, 1.82) is 0 Å². The van der Waals surface area contributed by atoms with Crippen LogP contribution in [0, 0.1) is 11.8 Å². The predicted molar refractivity (Wildman–Crippen MR) is 67.2 cm³/mol. The number of likely N-dealkylation sites (tertiary alicyclic amines) is 1. The van der Waals surface area contributed by atoms with Gasteiger partial charge in [-0.25, -0.2) is 4.79 Å². The molecule has 1 aliphatic carbocycles. The number of rotatable bonds is 4. The van der Waals surface area contributed by atoms with Gasteiger partial charge in [0.05, 0.1) is 5.92 Å². The van der Waals surface area contributed by atoms with Crippen LogP contribution < -0.4 is 0 Å². The zero-order valence-corrected chi connectivity index (χ0v) is 10.7. The molecule has 0 aromatic carbocycles. The molecule has 1 N–H and O–H groups in total. The maximum Gasteiger partial charge on any atom is 0.320 e. The maximum atomic E-state index is 12.3. The van der Waals surface area contributed by atoms with Crippen molar-refractivity contribution in [2.24, 2.45) is 11.8 Å². The van der Waals surface area contributed by atoms with Crippen LogP contribution in [0.25, 0.3) is 0 Å². The van der Waals surface area contributed by atoms with Gasteiger partial charge in [0.25, 0.3) is 0 Å². The molecule has 0 aromatic rings. The summed E-state index contributed by atoms with van der Waals surface area (Å²) in [6.07, 6.45) is 3.82. The van der Waals surface area contributed by atoms with Crippen molar-refractivity contribution in [2.75, 3.05) is 19.6 Å². The lowest BCUT2D eigenvalue weighted by atomic mass is 9.99. The first kappa shape index (κ1) is 12.9. The van der Waals surface area contributed by atoms with Gasteiger partial charge in [0.15, 0.2) is 0 Å². The lowest BCUT2D eigenvalue weighted by Gasteiger charge is -2.27. The van der Waals surface area contributed by atoms with Crippen molar-refractivity contribution < 1.29 is 14.7 Å². The highest BCUT2D eigenvalue weighted by Gasteiger charge is 2.41. The number of carbonyl (C=O) groups excluding carboxylic acids is 1. The second-order valence-corrected chi connectivity index (χ2v) is 5.28. The minimum absolute atomic E-state index is 0.0243. The quantitative estimate of drug-likeness (QED) is 0.769. The van der Waals surface area contributed by atoms with Crippen molar-refractivity contribution >= 4 is 12.0 Å². The average Bonchev–Trinajstić information content (AvgIpc) is 3.07. The first-order chi connectivity index (χ1) is 8.54. The number of urea groups is 1. The molecule has 0 aromatic heterocycles. The summed E-state index contributed by atoms with van der Waals surface area (Å²) in [5, 5.41) is 9.08. The van der Waals surface area contributed by atoms with Crippen LogP contribution in [0.4, 0.5) is 4.79 Å². The van der Waals surface area contributed by atoms with Gasteiger partial charge in [-0.2, -0.15) is 0 Å². The van der Waals surface area contributed by atoms with Crippen LogP contribution >= 0.6 is 0 Å². The summed E-state index contributed by atoms with van der Waals surface area (Å²) in [6, 6.07) is 0.294. The Morgan fingerprint density at radius 3 is 2.56 bits per heavy atom. The fourth-order valence-corrected chi connectivity index (χ4v) is 2.53. The number of amides is 2. The summed E-state index contributed by atoms with van der Waals surface area (Å²) in [6.45, 7) is 6.98. The summed E-state index contributed by atoms with van der Waals surface area (Å²) in [4.78, 5) is 26.9. The third kappa shape index (κ3) is 2.49. The average molecular weight is 252 g/mol. The van der Waals surface area contributed by atoms with E-state index in [1.807, 2.05) is 11.8 Å². The lowest BCUT2D eigenvalue weighted by molar-refractivity contribution is -0.142. The van der Waals surface area contributed by atoms with Crippen molar-refractivity contribution in [1.82, 2.24) is 9.80 Å². The van der Waals surface area contributed by atoms with E-state index in [4.69, 9.17) is 5.11 Å². The van der Waals surface area contributed by atoms with Crippen molar-refractivity contribution in [3.8, 4) is 0 Å². The number of carboxylic acid groups (broad SMARTS) is 1. The number of hydrogen-bond donors (Lipinski definition) is 1. The third-order valence-corrected chi connectivity index (χ3v) is 3.76. The van der Waals surface area contributed by atoms with Gasteiger partial charge in [-0.15, -0.1) is 6.58 Å². The molecule has 18 heavy (non-hydrogen) atoms. The molecule has 2 amide bonds. The highest BCUT2D eigenvalue weighted by molar-refractivity contribution is 5.78. The first-order valence-electron chi connectivity index (χ1n) is 6.43. The van der Waals surface area contributed by atoms with E-state index in [2.05, 4.69) is 6.58 Å². The summed E-state index contributed by atoms with van der Waals surface area (Å²) < 4.78 is 0. The summed E-state index contributed by atoms with van der Waals surface area (Å²) >= 11 is 0. The normalized spacial score (nSPS) is 27.1. The molecule has 1 aliphatic heterocycles. The molecule has 0 radical (unpaired) electrons. The number of hydrogen-bond acceptors (Lipinski definition) is 2. The van der Waals surface area contributed by atoms with Crippen LogP contribution in [-0.2, 0) is 4.79 Å². The van der Waals surface area contributed by atoms with Crippen LogP contribution in [0.5, 0.6) is 0 Å². The van der Waals surface area contributed by atoms with Gasteiger partial charge in [0.1, 0.15) is 0 Å². The number of carbonyl (C=O) groups is 2. The summed E-state index contributed by atoms with van der Waals surface area (Å²) in [5.74, 6) is -1.21. The molecular formula is C13H20N2O3. The predicted octanol–water partition coefficient (Wildman–Crippen LogP) is 1.41. The monoisotopic (exact) mass is 252 g/mol. The molecule has 100 valence electrons. The highest BCUT2D eigenvalue weighted by atomic mass is 16.4. The van der Waals surface area contributed by atoms with Gasteiger partial charge in [0, 0.05) is 25.7 Å². The van der Waals surface area contributed by atoms with Gasteiger partial charge in [0.2, 0.25) is 0 Å². The standard InChI is InChI=1S/C13H20N2O3/c1-3-6-15(10-4-5-10)13(18)14-7-9(2)11(8-14)12(16)17/h3,9-11H,1,4-8H2,2H3,(H,16,17). The zero-order chi connectivity index (χ0) is 13.3. The second kappa shape index (κ2) is 5.00. The van der Waals surface area contributed by atoms with Gasteiger partial charge in [-0.1, -0.05) is 13.0 Å². The Labute approximate surface area is 107 Å². The van der Waals surface area contributed by atoms with Crippen molar-refractivity contribution in [3.05, 3.63) is 12.7 Å². The fourth-order valence-electron chi connectivity index (χ4n) is 2.53. The van der Waals surface area contributed by atoms with E-state index >= 15 is 0 Å². The minimum Gasteiger partial charge on any atom is -0.481 e. The molecule has 5 nitrogen and oxygen atoms in total. The zero-order valence-electron chi connectivity index (χ0n) is 10.7. The van der Waals surface area contributed by atoms with Crippen LogP contribution in [0.1, 0.15) is 19.8 Å². The molecule has 2 aliphatic rings. The molecule has 1 saturated carbocycles. The number of aliphatic carboxylic acids is 1. The van der Waals surface area contributed by atoms with E-state index < -0.39 is 11.9 Å². The number of carboxylic acids is 1. The van der Waals surface area contributed by atoms with Crippen LogP contribution in [-0.4, -0.2) is 52.6 Å². The van der Waals surface area contributed by atoms with E-state index in [0.717, 1.165) is 12.8 Å². The highest BCUT2D eigenvalue weighted by Crippen LogP contribution is 2.30. The van der Waals surface area contributed by atoms with E-state index in [1.54, 1.807) is 11.0 Å². The Hall–Kier alpha value is -1.52. The summed E-state index contributed by atoms with van der Waals surface area (Å²) in [7, 11) is 0. The molecule has 2 rings (SSSR count). The minimum atomic E-state index is -0.806. The Kier molecular flexibility index (Phi) is 3.59. The number of nitrogens with zero attached hydrogens (tertiary/aromatic N) is 2. The molecule has 0 spiro atoms. The van der Waals surface area contributed by atoms with Crippen LogP contribution in [0.2, 0.25) is 0 Å². The Bertz CT molecular complexity index is 365. The maximum absolute atomic E-state index is 12.3. The fraction of sp³-hybridized carbons (Fsp3) is 0.692. The van der Waals surface area contributed by atoms with E-state index in [1.165, 1.54) is 0 Å². The van der Waals surface area contributed by atoms with Gasteiger partial charge in [-0.3, -0.25) is 4.79 Å². The smallest absolute Gasteiger partial charge is 0.320 e. The van der Waals surface area contributed by atoms with Crippen molar-refractivity contribution in [2.45, 2.75) is 25.8 Å². The largest absolute Gasteiger partial charge is 0.481 e. The van der Waals surface area contributed by atoms with Crippen LogP contribution in [0.3, 0.4) is 0 Å². The molecule has 1 saturated heterocycles. The van der Waals surface area contributed by atoms with Gasteiger partial charge in [-0.05, 0) is 18.8 Å². The van der Waals surface area contributed by atoms with E-state index in [-0.39, 0.29) is 11.9 Å². The lowest BCUT2D eigenvalue weighted by Crippen LogP contribution is -2.43. The second-order valence-electron chi connectivity index (χ2n) is 5.28. The molecule has 0 bridgehead atoms. The molecule has 2 atom stereocenters. The Morgan fingerprint density at radius 2 is 2.11 bits per heavy atom. The molecule has 2 unspecified atom stereocenters. The first-order valence-corrected chi connectivity index (χ1v) is 6.43. The molecule has 2 fully saturated rings. The molecule has 1 heterocycles. The molecule has 5 heteroatoms. The van der Waals surface area contributed by atoms with E-state index in [9.17, 15) is 9.59 Å². The SMILES string of the molecule is C=CCN(C(=O)N1CC(C)C(C(=O)O)C1)C1CC1. The molecular weight excluding hydrogens is 232 g/mol. The Balaban J connectivity index is 2.00. The van der Waals surface area contributed by atoms with Gasteiger partial charge >= 0.3 is 12.0 Å². The summed E-state index contributed by atoms with van der Waals surface area (Å²) in [5.41, 5.74) is 0. The third-order valence-electron chi connectivity index (χ3n) is 3.76. The van der Waals surface area contributed by atoms with Gasteiger partial charge < -0.3 is 14.9 Å². The van der Waals surface area contributed by atoms with E-state index in [0.29, 0.717) is 25.7 Å².